The predicted octanol–water partition coefficient (Wildman–Crippen LogP) is 2.38. The van der Waals surface area contributed by atoms with Crippen LogP contribution in [0.1, 0.15) is 19.8 Å². The van der Waals surface area contributed by atoms with Gasteiger partial charge in [0.15, 0.2) is 9.99 Å². The number of thioether (sulfide) groups is 1. The molecule has 1 unspecified atom stereocenters. The van der Waals surface area contributed by atoms with Crippen molar-refractivity contribution in [3.8, 4) is 0 Å². The summed E-state index contributed by atoms with van der Waals surface area (Å²) in [6.45, 7) is 2.16. The molecule has 0 amide bonds. The molecule has 1 aliphatic carbocycles. The van der Waals surface area contributed by atoms with E-state index >= 15 is 0 Å². The first-order valence-corrected chi connectivity index (χ1v) is 8.25. The normalized spacial score (nSPS) is 18.5. The van der Waals surface area contributed by atoms with Gasteiger partial charge in [-0.15, -0.1) is 11.3 Å². The van der Waals surface area contributed by atoms with Gasteiger partial charge in [-0.05, 0) is 31.9 Å². The molecule has 1 aliphatic rings. The van der Waals surface area contributed by atoms with E-state index in [-0.39, 0.29) is 12.1 Å². The highest BCUT2D eigenvalue weighted by Gasteiger charge is 2.41. The van der Waals surface area contributed by atoms with Gasteiger partial charge in [0, 0.05) is 0 Å². The van der Waals surface area contributed by atoms with Crippen LogP contribution >= 0.6 is 23.1 Å². The molecule has 2 N–H and O–H groups in total. The number of aliphatic hydroxyl groups is 1. The first-order valence-electron chi connectivity index (χ1n) is 6.21. The Morgan fingerprint density at radius 3 is 2.95 bits per heavy atom. The number of nitrogens with one attached hydrogen (secondary N) is 1. The minimum absolute atomic E-state index is 0.108. The first kappa shape index (κ1) is 13.1. The van der Waals surface area contributed by atoms with Gasteiger partial charge in [-0.1, -0.05) is 11.8 Å². The quantitative estimate of drug-likeness (QED) is 0.826. The average molecular weight is 296 g/mol. The summed E-state index contributed by atoms with van der Waals surface area (Å²) in [5.41, 5.74) is 0.424. The van der Waals surface area contributed by atoms with Crippen LogP contribution in [0.3, 0.4) is 0 Å². The number of anilines is 1. The number of hydrogen-bond acceptors (Lipinski definition) is 7. The second kappa shape index (κ2) is 4.88. The molecule has 7 heteroatoms. The van der Waals surface area contributed by atoms with Crippen molar-refractivity contribution < 1.29 is 5.11 Å². The molecule has 0 spiro atoms. The fourth-order valence-corrected chi connectivity index (χ4v) is 3.63. The van der Waals surface area contributed by atoms with Gasteiger partial charge in [0.1, 0.15) is 16.8 Å². The SMILES string of the molecule is CSc1nc2ncnc(NC(C)(CO)C3CC3)c2s1. The average Bonchev–Trinajstić information content (AvgIpc) is 3.19. The van der Waals surface area contributed by atoms with Crippen LogP contribution < -0.4 is 5.32 Å². The van der Waals surface area contributed by atoms with Crippen molar-refractivity contribution in [2.75, 3.05) is 18.2 Å². The molecule has 0 saturated heterocycles. The Morgan fingerprint density at radius 2 is 2.32 bits per heavy atom. The van der Waals surface area contributed by atoms with E-state index in [1.54, 1.807) is 23.1 Å². The molecule has 0 radical (unpaired) electrons. The fourth-order valence-electron chi connectivity index (χ4n) is 2.17. The second-order valence-corrected chi connectivity index (χ2v) is 7.09. The van der Waals surface area contributed by atoms with Gasteiger partial charge in [-0.3, -0.25) is 0 Å². The molecule has 1 saturated carbocycles. The van der Waals surface area contributed by atoms with E-state index in [2.05, 4.69) is 27.2 Å². The van der Waals surface area contributed by atoms with E-state index < -0.39 is 0 Å². The lowest BCUT2D eigenvalue weighted by molar-refractivity contribution is 0.206. The highest BCUT2D eigenvalue weighted by atomic mass is 32.2. The van der Waals surface area contributed by atoms with Gasteiger partial charge in [0.2, 0.25) is 0 Å². The third-order valence-electron chi connectivity index (χ3n) is 3.56. The lowest BCUT2D eigenvalue weighted by Crippen LogP contribution is -2.41. The van der Waals surface area contributed by atoms with E-state index in [0.717, 1.165) is 33.3 Å². The van der Waals surface area contributed by atoms with E-state index in [4.69, 9.17) is 0 Å². The summed E-state index contributed by atoms with van der Waals surface area (Å²) in [5, 5.41) is 13.1. The lowest BCUT2D eigenvalue weighted by Gasteiger charge is -2.29. The number of thiazole rings is 1. The summed E-state index contributed by atoms with van der Waals surface area (Å²) in [7, 11) is 0. The Bertz CT molecular complexity index is 598. The molecule has 0 bridgehead atoms. The Labute approximate surface area is 119 Å². The molecule has 2 heterocycles. The summed E-state index contributed by atoms with van der Waals surface area (Å²) in [4.78, 5) is 13.0. The molecule has 19 heavy (non-hydrogen) atoms. The minimum atomic E-state index is -0.301. The van der Waals surface area contributed by atoms with Crippen molar-refractivity contribution in [1.82, 2.24) is 15.0 Å². The molecule has 0 aliphatic heterocycles. The van der Waals surface area contributed by atoms with E-state index in [1.807, 2.05) is 6.26 Å². The fraction of sp³-hybridized carbons (Fsp3) is 0.583. The molecule has 102 valence electrons. The van der Waals surface area contributed by atoms with Crippen LogP contribution in [-0.2, 0) is 0 Å². The minimum Gasteiger partial charge on any atom is -0.394 e. The molecule has 0 aromatic carbocycles. The molecule has 2 aromatic heterocycles. The summed E-state index contributed by atoms with van der Waals surface area (Å²) in [6, 6.07) is 0. The molecular formula is C12H16N4OS2. The molecule has 1 atom stereocenters. The van der Waals surface area contributed by atoms with Crippen molar-refractivity contribution in [1.29, 1.82) is 0 Å². The summed E-state index contributed by atoms with van der Waals surface area (Å²) < 4.78 is 1.95. The van der Waals surface area contributed by atoms with Crippen LogP contribution in [0.25, 0.3) is 10.3 Å². The molecule has 2 aromatic rings. The van der Waals surface area contributed by atoms with Crippen LogP contribution in [-0.4, -0.2) is 38.5 Å². The Morgan fingerprint density at radius 1 is 1.53 bits per heavy atom. The largest absolute Gasteiger partial charge is 0.394 e. The highest BCUT2D eigenvalue weighted by molar-refractivity contribution is 8.00. The van der Waals surface area contributed by atoms with Crippen LogP contribution in [0.2, 0.25) is 0 Å². The van der Waals surface area contributed by atoms with Gasteiger partial charge in [-0.25, -0.2) is 15.0 Å². The van der Waals surface area contributed by atoms with Crippen LogP contribution in [0.4, 0.5) is 5.82 Å². The summed E-state index contributed by atoms with van der Waals surface area (Å²) >= 11 is 3.20. The number of nitrogens with zero attached hydrogens (tertiary/aromatic N) is 3. The summed E-state index contributed by atoms with van der Waals surface area (Å²) in [6.07, 6.45) is 5.85. The molecule has 1 fully saturated rings. The second-order valence-electron chi connectivity index (χ2n) is 5.03. The predicted molar refractivity (Wildman–Crippen MR) is 78.8 cm³/mol. The lowest BCUT2D eigenvalue weighted by atomic mass is 9.97. The number of aromatic nitrogens is 3. The zero-order chi connectivity index (χ0) is 13.5. The van der Waals surface area contributed by atoms with Gasteiger partial charge in [-0.2, -0.15) is 0 Å². The van der Waals surface area contributed by atoms with Gasteiger partial charge in [0.05, 0.1) is 12.1 Å². The van der Waals surface area contributed by atoms with E-state index in [0.29, 0.717) is 5.92 Å². The van der Waals surface area contributed by atoms with Crippen molar-refractivity contribution in [2.45, 2.75) is 29.6 Å². The smallest absolute Gasteiger partial charge is 0.176 e. The third kappa shape index (κ3) is 2.42. The summed E-state index contributed by atoms with van der Waals surface area (Å²) in [5.74, 6) is 1.31. The standard InChI is InChI=1S/C12H16N4OS2/c1-12(5-17,7-3-4-7)16-10-8-9(13-6-14-10)15-11(18-2)19-8/h6-7,17H,3-5H2,1-2H3,(H,13,14,16). The number of rotatable bonds is 5. The van der Waals surface area contributed by atoms with Crippen LogP contribution in [0.15, 0.2) is 10.7 Å². The number of fused-ring (bicyclic) bond motifs is 1. The Hall–Kier alpha value is -0.920. The Balaban J connectivity index is 1.97. The van der Waals surface area contributed by atoms with Crippen molar-refractivity contribution in [2.24, 2.45) is 5.92 Å². The first-order chi connectivity index (χ1) is 9.16. The maximum absolute atomic E-state index is 9.66. The maximum atomic E-state index is 9.66. The number of aliphatic hydroxyl groups excluding tert-OH is 1. The van der Waals surface area contributed by atoms with Gasteiger partial charge >= 0.3 is 0 Å². The third-order valence-corrected chi connectivity index (χ3v) is 5.59. The van der Waals surface area contributed by atoms with Crippen molar-refractivity contribution in [3.63, 3.8) is 0 Å². The molecule has 5 nitrogen and oxygen atoms in total. The van der Waals surface area contributed by atoms with E-state index in [9.17, 15) is 5.11 Å². The number of hydrogen-bond donors (Lipinski definition) is 2. The monoisotopic (exact) mass is 296 g/mol. The van der Waals surface area contributed by atoms with Crippen LogP contribution in [0.5, 0.6) is 0 Å². The zero-order valence-corrected chi connectivity index (χ0v) is 12.5. The molecular weight excluding hydrogens is 280 g/mol. The van der Waals surface area contributed by atoms with Gasteiger partial charge in [0.25, 0.3) is 0 Å². The van der Waals surface area contributed by atoms with Crippen molar-refractivity contribution >= 4 is 39.3 Å². The highest BCUT2D eigenvalue weighted by Crippen LogP contribution is 2.42. The van der Waals surface area contributed by atoms with E-state index in [1.165, 1.54) is 6.33 Å². The van der Waals surface area contributed by atoms with Gasteiger partial charge < -0.3 is 10.4 Å². The molecule has 3 rings (SSSR count). The van der Waals surface area contributed by atoms with Crippen molar-refractivity contribution in [3.05, 3.63) is 6.33 Å². The topological polar surface area (TPSA) is 70.9 Å². The Kier molecular flexibility index (Phi) is 3.36. The maximum Gasteiger partial charge on any atom is 0.176 e. The van der Waals surface area contributed by atoms with Crippen LogP contribution in [0, 0.1) is 5.92 Å². The zero-order valence-electron chi connectivity index (χ0n) is 10.9.